The average molecular weight is 393 g/mol. The molecule has 29 heavy (non-hydrogen) atoms. The van der Waals surface area contributed by atoms with Gasteiger partial charge in [0.2, 0.25) is 0 Å². The van der Waals surface area contributed by atoms with Crippen molar-refractivity contribution >= 4 is 0 Å². The molecule has 1 aliphatic carbocycles. The Hall–Kier alpha value is -1.70. The van der Waals surface area contributed by atoms with Crippen LogP contribution in [-0.2, 0) is 12.8 Å². The molecular weight excluding hydrogens is 352 g/mol. The van der Waals surface area contributed by atoms with Crippen LogP contribution in [0.1, 0.15) is 95.9 Å². The predicted molar refractivity (Wildman–Crippen MR) is 124 cm³/mol. The number of hydrogen-bond donors (Lipinski definition) is 0. The summed E-state index contributed by atoms with van der Waals surface area (Å²) in [6.45, 7) is 4.54. The molecule has 3 rings (SSSR count). The molecule has 0 bridgehead atoms. The van der Waals surface area contributed by atoms with E-state index >= 15 is 0 Å². The first-order chi connectivity index (χ1) is 14.3. The van der Waals surface area contributed by atoms with Gasteiger partial charge in [-0.15, -0.1) is 0 Å². The van der Waals surface area contributed by atoms with Gasteiger partial charge in [0.1, 0.15) is 5.82 Å². The van der Waals surface area contributed by atoms with Gasteiger partial charge >= 0.3 is 0 Å². The summed E-state index contributed by atoms with van der Waals surface area (Å²) >= 11 is 0. The number of aryl methyl sites for hydroxylation is 2. The van der Waals surface area contributed by atoms with Gasteiger partial charge in [-0.2, -0.15) is 0 Å². The number of hydrogen-bond acceptors (Lipinski definition) is 2. The first-order valence-corrected chi connectivity index (χ1v) is 12.2. The Bertz CT molecular complexity index is 681. The van der Waals surface area contributed by atoms with E-state index in [1.165, 1.54) is 88.2 Å². The van der Waals surface area contributed by atoms with Crippen LogP contribution in [0.4, 0.5) is 0 Å². The molecule has 158 valence electrons. The summed E-state index contributed by atoms with van der Waals surface area (Å²) in [7, 11) is 0. The van der Waals surface area contributed by atoms with E-state index in [0.717, 1.165) is 29.6 Å². The zero-order chi connectivity index (χ0) is 20.3. The van der Waals surface area contributed by atoms with Crippen LogP contribution in [0.15, 0.2) is 36.7 Å². The van der Waals surface area contributed by atoms with Gasteiger partial charge in [0.05, 0.1) is 0 Å². The van der Waals surface area contributed by atoms with E-state index in [1.54, 1.807) is 0 Å². The van der Waals surface area contributed by atoms with Crippen molar-refractivity contribution < 1.29 is 0 Å². The molecule has 0 radical (unpaired) electrons. The van der Waals surface area contributed by atoms with Crippen LogP contribution >= 0.6 is 0 Å². The van der Waals surface area contributed by atoms with E-state index in [2.05, 4.69) is 48.1 Å². The Balaban J connectivity index is 1.42. The van der Waals surface area contributed by atoms with E-state index in [0.29, 0.717) is 0 Å². The summed E-state index contributed by atoms with van der Waals surface area (Å²) in [6.07, 6.45) is 21.4. The molecule has 2 heteroatoms. The molecule has 0 saturated heterocycles. The Morgan fingerprint density at radius 3 is 1.93 bits per heavy atom. The third-order valence-electron chi connectivity index (χ3n) is 6.77. The van der Waals surface area contributed by atoms with Gasteiger partial charge in [0.25, 0.3) is 0 Å². The average Bonchev–Trinajstić information content (AvgIpc) is 2.78. The maximum Gasteiger partial charge on any atom is 0.128 e. The largest absolute Gasteiger partial charge is 0.241 e. The fraction of sp³-hybridized carbons (Fsp3) is 0.630. The van der Waals surface area contributed by atoms with Crippen molar-refractivity contribution in [1.82, 2.24) is 9.97 Å². The van der Waals surface area contributed by atoms with Crippen molar-refractivity contribution in [1.29, 1.82) is 0 Å². The molecule has 1 fully saturated rings. The molecule has 0 N–H and O–H groups in total. The molecule has 1 heterocycles. The molecule has 0 unspecified atom stereocenters. The lowest BCUT2D eigenvalue weighted by molar-refractivity contribution is 0.248. The van der Waals surface area contributed by atoms with Crippen molar-refractivity contribution in [2.24, 2.45) is 11.8 Å². The highest BCUT2D eigenvalue weighted by Crippen LogP contribution is 2.34. The van der Waals surface area contributed by atoms with Crippen LogP contribution in [-0.4, -0.2) is 9.97 Å². The normalized spacial score (nSPS) is 19.4. The number of benzene rings is 1. The standard InChI is InChI=1S/C27H40N2/c1-3-5-7-9-23-10-12-24(13-11-23)16-19-27-28-20-26(21-29-27)25-17-14-22(15-18-25)8-6-4-2/h14-15,17-18,20-21,23-24H,3-13,16,19H2,1-2H3/t23-,24-. The lowest BCUT2D eigenvalue weighted by Gasteiger charge is -2.28. The summed E-state index contributed by atoms with van der Waals surface area (Å²) in [4.78, 5) is 9.33. The fourth-order valence-electron chi connectivity index (χ4n) is 4.70. The zero-order valence-electron chi connectivity index (χ0n) is 18.7. The first-order valence-electron chi connectivity index (χ1n) is 12.2. The molecule has 2 aromatic rings. The molecule has 2 nitrogen and oxygen atoms in total. The second kappa shape index (κ2) is 12.1. The van der Waals surface area contributed by atoms with Crippen molar-refractivity contribution in [3.05, 3.63) is 48.0 Å². The molecule has 0 spiro atoms. The van der Waals surface area contributed by atoms with E-state index in [4.69, 9.17) is 0 Å². The third-order valence-corrected chi connectivity index (χ3v) is 6.77. The summed E-state index contributed by atoms with van der Waals surface area (Å²) in [5.41, 5.74) is 3.77. The van der Waals surface area contributed by atoms with Crippen LogP contribution in [0.25, 0.3) is 11.1 Å². The molecule has 1 aromatic carbocycles. The van der Waals surface area contributed by atoms with Gasteiger partial charge in [-0.1, -0.05) is 95.9 Å². The Morgan fingerprint density at radius 2 is 1.31 bits per heavy atom. The van der Waals surface area contributed by atoms with Gasteiger partial charge in [-0.05, 0) is 42.2 Å². The highest BCUT2D eigenvalue weighted by atomic mass is 14.9. The minimum absolute atomic E-state index is 0.886. The highest BCUT2D eigenvalue weighted by molar-refractivity contribution is 5.61. The molecule has 1 aromatic heterocycles. The van der Waals surface area contributed by atoms with Crippen LogP contribution < -0.4 is 0 Å². The maximum atomic E-state index is 4.67. The van der Waals surface area contributed by atoms with E-state index in [-0.39, 0.29) is 0 Å². The highest BCUT2D eigenvalue weighted by Gasteiger charge is 2.20. The summed E-state index contributed by atoms with van der Waals surface area (Å²) in [6, 6.07) is 8.92. The predicted octanol–water partition coefficient (Wildman–Crippen LogP) is 7.81. The zero-order valence-corrected chi connectivity index (χ0v) is 18.7. The minimum Gasteiger partial charge on any atom is -0.241 e. The van der Waals surface area contributed by atoms with Crippen molar-refractivity contribution in [2.45, 2.75) is 97.3 Å². The minimum atomic E-state index is 0.886. The molecule has 0 aliphatic heterocycles. The first kappa shape index (κ1) is 22.0. The SMILES string of the molecule is CCCCC[C@H]1CC[C@H](CCc2ncc(-c3ccc(CCCC)cc3)cn2)CC1. The quantitative estimate of drug-likeness (QED) is 0.364. The molecule has 0 atom stereocenters. The molecule has 0 amide bonds. The monoisotopic (exact) mass is 392 g/mol. The van der Waals surface area contributed by atoms with E-state index in [9.17, 15) is 0 Å². The number of nitrogens with zero attached hydrogens (tertiary/aromatic N) is 2. The molecule has 1 saturated carbocycles. The van der Waals surface area contributed by atoms with Crippen molar-refractivity contribution in [3.63, 3.8) is 0 Å². The van der Waals surface area contributed by atoms with Gasteiger partial charge in [0.15, 0.2) is 0 Å². The lowest BCUT2D eigenvalue weighted by Crippen LogP contribution is -2.15. The van der Waals surface area contributed by atoms with Crippen LogP contribution in [0.2, 0.25) is 0 Å². The van der Waals surface area contributed by atoms with E-state index < -0.39 is 0 Å². The van der Waals surface area contributed by atoms with Crippen LogP contribution in [0.5, 0.6) is 0 Å². The molecular formula is C27H40N2. The van der Waals surface area contributed by atoms with E-state index in [1.807, 2.05) is 12.4 Å². The second-order valence-corrected chi connectivity index (χ2v) is 9.11. The van der Waals surface area contributed by atoms with Crippen LogP contribution in [0.3, 0.4) is 0 Å². The Labute approximate surface area is 178 Å². The Kier molecular flexibility index (Phi) is 9.18. The Morgan fingerprint density at radius 1 is 0.690 bits per heavy atom. The fourth-order valence-corrected chi connectivity index (χ4v) is 4.70. The maximum absolute atomic E-state index is 4.67. The summed E-state index contributed by atoms with van der Waals surface area (Å²) in [5.74, 6) is 2.90. The summed E-state index contributed by atoms with van der Waals surface area (Å²) < 4.78 is 0. The lowest BCUT2D eigenvalue weighted by atomic mass is 9.78. The van der Waals surface area contributed by atoms with Crippen molar-refractivity contribution in [2.75, 3.05) is 0 Å². The van der Waals surface area contributed by atoms with Crippen LogP contribution in [0, 0.1) is 11.8 Å². The molecule has 1 aliphatic rings. The van der Waals surface area contributed by atoms with Gasteiger partial charge in [0, 0.05) is 24.4 Å². The summed E-state index contributed by atoms with van der Waals surface area (Å²) in [5, 5.41) is 0. The number of unbranched alkanes of at least 4 members (excludes halogenated alkanes) is 3. The topological polar surface area (TPSA) is 25.8 Å². The number of aromatic nitrogens is 2. The smallest absolute Gasteiger partial charge is 0.128 e. The van der Waals surface area contributed by atoms with Gasteiger partial charge in [-0.3, -0.25) is 0 Å². The van der Waals surface area contributed by atoms with Gasteiger partial charge in [-0.25, -0.2) is 9.97 Å². The van der Waals surface area contributed by atoms with Gasteiger partial charge < -0.3 is 0 Å². The third kappa shape index (κ3) is 7.24. The number of rotatable bonds is 11. The van der Waals surface area contributed by atoms with Crippen molar-refractivity contribution in [3.8, 4) is 11.1 Å². The second-order valence-electron chi connectivity index (χ2n) is 9.11.